The Hall–Kier alpha value is -0.410. The third-order valence-electron chi connectivity index (χ3n) is 3.82. The molecule has 134 valence electrons. The van der Waals surface area contributed by atoms with Gasteiger partial charge in [-0.1, -0.05) is 6.92 Å². The number of likely N-dealkylation sites (N-methyl/N-ethyl adjacent to an activating group) is 1. The van der Waals surface area contributed by atoms with Crippen LogP contribution in [0.2, 0.25) is 0 Å². The van der Waals surface area contributed by atoms with Crippen LogP contribution in [0, 0.1) is 6.92 Å². The van der Waals surface area contributed by atoms with Gasteiger partial charge < -0.3 is 15.1 Å². The van der Waals surface area contributed by atoms with Crippen LogP contribution in [0.5, 0.6) is 0 Å². The van der Waals surface area contributed by atoms with Crippen LogP contribution in [0.3, 0.4) is 0 Å². The topological polar surface area (TPSA) is 43.8 Å². The highest BCUT2D eigenvalue weighted by Gasteiger charge is 2.09. The largest absolute Gasteiger partial charge is 0.357 e. The molecule has 1 aromatic heterocycles. The monoisotopic (exact) mass is 453 g/mol. The number of rotatable bonds is 8. The normalized spacial score (nSPS) is 12.9. The molecule has 0 aliphatic rings. The summed E-state index contributed by atoms with van der Waals surface area (Å²) in [6.45, 7) is 12.1. The van der Waals surface area contributed by atoms with E-state index in [0.717, 1.165) is 42.8 Å². The molecule has 1 atom stereocenters. The first kappa shape index (κ1) is 22.6. The highest BCUT2D eigenvalue weighted by Crippen LogP contribution is 2.09. The number of hydrogen-bond donors (Lipinski definition) is 1. The van der Waals surface area contributed by atoms with Gasteiger partial charge >= 0.3 is 0 Å². The molecule has 0 bridgehead atoms. The number of aliphatic imine (C=N–C) groups is 1. The lowest BCUT2D eigenvalue weighted by Crippen LogP contribution is -2.39. The molecule has 1 rings (SSSR count). The average molecular weight is 453 g/mol. The fraction of sp³-hybridized carbons (Fsp3) is 0.750. The SMILES string of the molecule is CCNC(=NCCN(C)C(C)CC)N(C)Cc1csc(C)n1.I. The predicted molar refractivity (Wildman–Crippen MR) is 112 cm³/mol. The molecule has 1 N–H and O–H groups in total. The van der Waals surface area contributed by atoms with Crippen molar-refractivity contribution in [2.75, 3.05) is 33.7 Å². The second-order valence-electron chi connectivity index (χ2n) is 5.69. The average Bonchev–Trinajstić information content (AvgIpc) is 2.90. The Labute approximate surface area is 162 Å². The number of halogens is 1. The second kappa shape index (κ2) is 12.0. The summed E-state index contributed by atoms with van der Waals surface area (Å²) in [6, 6.07) is 0.605. The zero-order chi connectivity index (χ0) is 16.5. The van der Waals surface area contributed by atoms with Crippen LogP contribution in [0.15, 0.2) is 10.4 Å². The zero-order valence-corrected chi connectivity index (χ0v) is 18.4. The van der Waals surface area contributed by atoms with E-state index < -0.39 is 0 Å². The second-order valence-corrected chi connectivity index (χ2v) is 6.75. The summed E-state index contributed by atoms with van der Waals surface area (Å²) >= 11 is 1.69. The van der Waals surface area contributed by atoms with Crippen LogP contribution in [0.25, 0.3) is 0 Å². The highest BCUT2D eigenvalue weighted by atomic mass is 127. The van der Waals surface area contributed by atoms with Crippen LogP contribution < -0.4 is 5.32 Å². The molecule has 0 aliphatic carbocycles. The number of guanidine groups is 1. The van der Waals surface area contributed by atoms with Gasteiger partial charge in [-0.3, -0.25) is 4.99 Å². The van der Waals surface area contributed by atoms with Crippen molar-refractivity contribution in [3.05, 3.63) is 16.1 Å². The van der Waals surface area contributed by atoms with Gasteiger partial charge in [0, 0.05) is 31.6 Å². The van der Waals surface area contributed by atoms with Crippen molar-refractivity contribution in [2.45, 2.75) is 46.7 Å². The smallest absolute Gasteiger partial charge is 0.194 e. The molecule has 0 amide bonds. The molecule has 5 nitrogen and oxygen atoms in total. The molecule has 23 heavy (non-hydrogen) atoms. The molecule has 0 radical (unpaired) electrons. The molecular weight excluding hydrogens is 421 g/mol. The molecule has 0 fully saturated rings. The maximum Gasteiger partial charge on any atom is 0.194 e. The molecule has 0 aliphatic heterocycles. The van der Waals surface area contributed by atoms with E-state index in [4.69, 9.17) is 4.99 Å². The number of aromatic nitrogens is 1. The van der Waals surface area contributed by atoms with Crippen LogP contribution >= 0.6 is 35.3 Å². The van der Waals surface area contributed by atoms with Crippen molar-refractivity contribution < 1.29 is 0 Å². The van der Waals surface area contributed by atoms with E-state index in [1.807, 2.05) is 6.92 Å². The first-order chi connectivity index (χ1) is 10.5. The Kier molecular flexibility index (Phi) is 11.8. The maximum absolute atomic E-state index is 4.74. The fourth-order valence-electron chi connectivity index (χ4n) is 2.11. The summed E-state index contributed by atoms with van der Waals surface area (Å²) in [5.41, 5.74) is 1.10. The Morgan fingerprint density at radius 1 is 1.39 bits per heavy atom. The van der Waals surface area contributed by atoms with Crippen molar-refractivity contribution in [2.24, 2.45) is 4.99 Å². The summed E-state index contributed by atoms with van der Waals surface area (Å²) in [5, 5.41) is 6.59. The molecular formula is C16H32IN5S. The van der Waals surface area contributed by atoms with Crippen LogP contribution in [0.4, 0.5) is 0 Å². The molecule has 1 unspecified atom stereocenters. The summed E-state index contributed by atoms with van der Waals surface area (Å²) in [5.74, 6) is 0.950. The third kappa shape index (κ3) is 8.30. The summed E-state index contributed by atoms with van der Waals surface area (Å²) in [7, 11) is 4.23. The van der Waals surface area contributed by atoms with Gasteiger partial charge in [-0.25, -0.2) is 4.98 Å². The lowest BCUT2D eigenvalue weighted by atomic mass is 10.2. The molecule has 1 heterocycles. The van der Waals surface area contributed by atoms with E-state index >= 15 is 0 Å². The van der Waals surface area contributed by atoms with Crippen molar-refractivity contribution in [3.8, 4) is 0 Å². The van der Waals surface area contributed by atoms with Crippen molar-refractivity contribution in [1.29, 1.82) is 0 Å². The highest BCUT2D eigenvalue weighted by molar-refractivity contribution is 14.0. The molecule has 7 heteroatoms. The minimum atomic E-state index is 0. The van der Waals surface area contributed by atoms with Gasteiger partial charge in [0.15, 0.2) is 5.96 Å². The van der Waals surface area contributed by atoms with E-state index in [2.05, 4.69) is 60.3 Å². The summed E-state index contributed by atoms with van der Waals surface area (Å²) in [6.07, 6.45) is 1.17. The zero-order valence-electron chi connectivity index (χ0n) is 15.3. The summed E-state index contributed by atoms with van der Waals surface area (Å²) < 4.78 is 0. The molecule has 0 spiro atoms. The maximum atomic E-state index is 4.74. The van der Waals surface area contributed by atoms with Crippen LogP contribution in [-0.4, -0.2) is 60.5 Å². The Balaban J connectivity index is 0.00000484. The van der Waals surface area contributed by atoms with E-state index in [-0.39, 0.29) is 24.0 Å². The van der Waals surface area contributed by atoms with Gasteiger partial charge in [-0.2, -0.15) is 0 Å². The van der Waals surface area contributed by atoms with Gasteiger partial charge in [0.1, 0.15) is 0 Å². The number of hydrogen-bond acceptors (Lipinski definition) is 4. The van der Waals surface area contributed by atoms with Crippen molar-refractivity contribution in [1.82, 2.24) is 20.1 Å². The molecule has 0 aromatic carbocycles. The number of thiazole rings is 1. The minimum absolute atomic E-state index is 0. The molecule has 1 aromatic rings. The van der Waals surface area contributed by atoms with E-state index in [0.29, 0.717) is 6.04 Å². The predicted octanol–water partition coefficient (Wildman–Crippen LogP) is 3.20. The van der Waals surface area contributed by atoms with Crippen LogP contribution in [-0.2, 0) is 6.54 Å². The summed E-state index contributed by atoms with van der Waals surface area (Å²) in [4.78, 5) is 13.8. The number of aryl methyl sites for hydroxylation is 1. The van der Waals surface area contributed by atoms with E-state index in [1.54, 1.807) is 11.3 Å². The quantitative estimate of drug-likeness (QED) is 0.373. The van der Waals surface area contributed by atoms with Gasteiger partial charge in [0.2, 0.25) is 0 Å². The first-order valence-corrected chi connectivity index (χ1v) is 8.96. The van der Waals surface area contributed by atoms with Gasteiger partial charge in [0.25, 0.3) is 0 Å². The van der Waals surface area contributed by atoms with Crippen molar-refractivity contribution >= 4 is 41.3 Å². The Morgan fingerprint density at radius 3 is 2.61 bits per heavy atom. The minimum Gasteiger partial charge on any atom is -0.357 e. The molecule has 0 saturated carbocycles. The van der Waals surface area contributed by atoms with E-state index in [9.17, 15) is 0 Å². The van der Waals surface area contributed by atoms with Gasteiger partial charge in [-0.05, 0) is 34.2 Å². The van der Waals surface area contributed by atoms with Crippen LogP contribution in [0.1, 0.15) is 37.9 Å². The lowest BCUT2D eigenvalue weighted by molar-refractivity contribution is 0.258. The fourth-order valence-corrected chi connectivity index (χ4v) is 2.72. The Bertz CT molecular complexity index is 463. The first-order valence-electron chi connectivity index (χ1n) is 8.08. The Morgan fingerprint density at radius 2 is 2.09 bits per heavy atom. The number of nitrogens with one attached hydrogen (secondary N) is 1. The van der Waals surface area contributed by atoms with E-state index in [1.165, 1.54) is 6.42 Å². The lowest BCUT2D eigenvalue weighted by Gasteiger charge is -2.24. The number of nitrogens with zero attached hydrogens (tertiary/aromatic N) is 4. The van der Waals surface area contributed by atoms with Gasteiger partial charge in [0.05, 0.1) is 23.8 Å². The molecule has 0 saturated heterocycles. The standard InChI is InChI=1S/C16H31N5S.HI/c1-7-13(3)20(5)10-9-18-16(17-8-2)21(6)11-15-12-22-14(4)19-15;/h12-13H,7-11H2,1-6H3,(H,17,18);1H. The van der Waals surface area contributed by atoms with Gasteiger partial charge in [-0.15, -0.1) is 35.3 Å². The van der Waals surface area contributed by atoms with Crippen molar-refractivity contribution in [3.63, 3.8) is 0 Å². The third-order valence-corrected chi connectivity index (χ3v) is 4.64.